The van der Waals surface area contributed by atoms with Gasteiger partial charge in [-0.1, -0.05) is 6.92 Å². The van der Waals surface area contributed by atoms with Gasteiger partial charge in [0.05, 0.1) is 7.11 Å². The smallest absolute Gasteiger partial charge is 0.253 e. The molecule has 2 heterocycles. The number of carbonyl (C=O) groups is 2. The van der Waals surface area contributed by atoms with E-state index in [0.29, 0.717) is 38.2 Å². The average molecular weight is 356 g/mol. The van der Waals surface area contributed by atoms with Gasteiger partial charge in [-0.05, 0) is 36.8 Å². The first-order chi connectivity index (χ1) is 12.6. The van der Waals surface area contributed by atoms with Crippen LogP contribution in [0, 0.1) is 0 Å². The third-order valence-corrected chi connectivity index (χ3v) is 4.73. The normalized spacial score (nSPS) is 15.6. The minimum Gasteiger partial charge on any atom is -0.497 e. The fourth-order valence-corrected chi connectivity index (χ4v) is 3.20. The molecule has 3 rings (SSSR count). The molecule has 1 aromatic carbocycles. The number of carbonyl (C=O) groups excluding carboxylic acids is 2. The molecule has 1 aromatic heterocycles. The molecule has 1 saturated heterocycles. The summed E-state index contributed by atoms with van der Waals surface area (Å²) in [6.07, 6.45) is 4.18. The molecule has 0 bridgehead atoms. The van der Waals surface area contributed by atoms with Gasteiger partial charge >= 0.3 is 0 Å². The van der Waals surface area contributed by atoms with E-state index in [4.69, 9.17) is 4.74 Å². The van der Waals surface area contributed by atoms with Gasteiger partial charge in [0, 0.05) is 44.1 Å². The molecule has 0 saturated carbocycles. The second kappa shape index (κ2) is 8.03. The van der Waals surface area contributed by atoms with Crippen molar-refractivity contribution in [1.29, 1.82) is 0 Å². The lowest BCUT2D eigenvalue weighted by Crippen LogP contribution is -2.52. The van der Waals surface area contributed by atoms with E-state index in [1.165, 1.54) is 0 Å². The van der Waals surface area contributed by atoms with Crippen molar-refractivity contribution in [3.63, 3.8) is 0 Å². The molecule has 2 aromatic rings. The monoisotopic (exact) mass is 356 g/mol. The number of amides is 2. The first kappa shape index (κ1) is 18.0. The van der Waals surface area contributed by atoms with Crippen LogP contribution < -0.4 is 4.74 Å². The van der Waals surface area contributed by atoms with E-state index >= 15 is 0 Å². The Bertz CT molecular complexity index is 735. The molecular formula is C19H24N4O3. The Morgan fingerprint density at radius 3 is 2.31 bits per heavy atom. The Labute approximate surface area is 153 Å². The third kappa shape index (κ3) is 3.71. The van der Waals surface area contributed by atoms with Gasteiger partial charge in [-0.2, -0.15) is 5.10 Å². The summed E-state index contributed by atoms with van der Waals surface area (Å²) in [6.45, 7) is 4.13. The van der Waals surface area contributed by atoms with Crippen LogP contribution in [0.3, 0.4) is 0 Å². The molecule has 0 N–H and O–H groups in total. The molecule has 138 valence electrons. The lowest BCUT2D eigenvalue weighted by atomic mass is 10.1. The molecule has 1 aliphatic heterocycles. The predicted molar refractivity (Wildman–Crippen MR) is 97.0 cm³/mol. The minimum absolute atomic E-state index is 0.0149. The number of hydrogen-bond donors (Lipinski definition) is 0. The molecule has 1 aliphatic rings. The number of nitrogens with zero attached hydrogens (tertiary/aromatic N) is 4. The Kier molecular flexibility index (Phi) is 5.55. The van der Waals surface area contributed by atoms with Gasteiger partial charge < -0.3 is 14.5 Å². The fourth-order valence-electron chi connectivity index (χ4n) is 3.20. The zero-order valence-electron chi connectivity index (χ0n) is 15.2. The van der Waals surface area contributed by atoms with E-state index in [1.807, 2.05) is 24.1 Å². The van der Waals surface area contributed by atoms with E-state index < -0.39 is 0 Å². The van der Waals surface area contributed by atoms with Crippen molar-refractivity contribution in [2.24, 2.45) is 0 Å². The van der Waals surface area contributed by atoms with E-state index in [0.717, 1.165) is 5.75 Å². The molecule has 7 heteroatoms. The van der Waals surface area contributed by atoms with Crippen molar-refractivity contribution in [1.82, 2.24) is 19.6 Å². The van der Waals surface area contributed by atoms with Gasteiger partial charge in [-0.25, -0.2) is 0 Å². The highest BCUT2D eigenvalue weighted by Crippen LogP contribution is 2.17. The highest BCUT2D eigenvalue weighted by atomic mass is 16.5. The van der Waals surface area contributed by atoms with E-state index in [-0.39, 0.29) is 17.9 Å². The SMILES string of the molecule is CC[C@H](C(=O)N1CCN(C(=O)c2ccc(OC)cc2)CC1)n1cccn1. The molecule has 1 fully saturated rings. The van der Waals surface area contributed by atoms with E-state index in [1.54, 1.807) is 47.2 Å². The molecule has 0 radical (unpaired) electrons. The standard InChI is InChI=1S/C19H24N4O3/c1-3-17(23-10-4-9-20-23)19(25)22-13-11-21(12-14-22)18(24)15-5-7-16(26-2)8-6-15/h4-10,17H,3,11-14H2,1-2H3/t17-/m1/s1. The summed E-state index contributed by atoms with van der Waals surface area (Å²) in [5, 5.41) is 4.19. The largest absolute Gasteiger partial charge is 0.497 e. The minimum atomic E-state index is -0.283. The molecule has 1 atom stereocenters. The number of hydrogen-bond acceptors (Lipinski definition) is 4. The third-order valence-electron chi connectivity index (χ3n) is 4.73. The van der Waals surface area contributed by atoms with E-state index in [2.05, 4.69) is 5.10 Å². The maximum atomic E-state index is 12.8. The summed E-state index contributed by atoms with van der Waals surface area (Å²) in [4.78, 5) is 29.0. The van der Waals surface area contributed by atoms with Gasteiger partial charge in [0.2, 0.25) is 5.91 Å². The molecular weight excluding hydrogens is 332 g/mol. The van der Waals surface area contributed by atoms with Crippen molar-refractivity contribution < 1.29 is 14.3 Å². The van der Waals surface area contributed by atoms with Crippen LogP contribution in [-0.4, -0.2) is 64.7 Å². The Morgan fingerprint density at radius 2 is 1.77 bits per heavy atom. The predicted octanol–water partition coefficient (Wildman–Crippen LogP) is 1.83. The van der Waals surface area contributed by atoms with Crippen molar-refractivity contribution in [3.05, 3.63) is 48.3 Å². The quantitative estimate of drug-likeness (QED) is 0.820. The van der Waals surface area contributed by atoms with Crippen LogP contribution in [0.2, 0.25) is 0 Å². The molecule has 7 nitrogen and oxygen atoms in total. The number of rotatable bonds is 5. The van der Waals surface area contributed by atoms with Crippen molar-refractivity contribution in [2.45, 2.75) is 19.4 Å². The average Bonchev–Trinajstić information content (AvgIpc) is 3.22. The highest BCUT2D eigenvalue weighted by Gasteiger charge is 2.29. The second-order valence-electron chi connectivity index (χ2n) is 6.26. The molecule has 0 spiro atoms. The van der Waals surface area contributed by atoms with Crippen LogP contribution in [0.4, 0.5) is 0 Å². The summed E-state index contributed by atoms with van der Waals surface area (Å²) >= 11 is 0. The Balaban J connectivity index is 1.59. The number of piperazine rings is 1. The zero-order chi connectivity index (χ0) is 18.5. The zero-order valence-corrected chi connectivity index (χ0v) is 15.2. The van der Waals surface area contributed by atoms with Crippen molar-refractivity contribution >= 4 is 11.8 Å². The van der Waals surface area contributed by atoms with Gasteiger partial charge in [0.15, 0.2) is 0 Å². The number of benzene rings is 1. The molecule has 0 unspecified atom stereocenters. The van der Waals surface area contributed by atoms with Crippen molar-refractivity contribution in [2.75, 3.05) is 33.3 Å². The number of ether oxygens (including phenoxy) is 1. The first-order valence-electron chi connectivity index (χ1n) is 8.85. The van der Waals surface area contributed by atoms with Gasteiger partial charge in [0.1, 0.15) is 11.8 Å². The molecule has 2 amide bonds. The summed E-state index contributed by atoms with van der Waals surface area (Å²) in [7, 11) is 1.60. The number of methoxy groups -OCH3 is 1. The summed E-state index contributed by atoms with van der Waals surface area (Å²) < 4.78 is 6.83. The van der Waals surface area contributed by atoms with Crippen LogP contribution in [0.25, 0.3) is 0 Å². The van der Waals surface area contributed by atoms with Gasteiger partial charge in [-0.15, -0.1) is 0 Å². The molecule has 26 heavy (non-hydrogen) atoms. The summed E-state index contributed by atoms with van der Waals surface area (Å²) in [5.41, 5.74) is 0.633. The van der Waals surface area contributed by atoms with Crippen LogP contribution in [0.1, 0.15) is 29.7 Å². The van der Waals surface area contributed by atoms with Crippen molar-refractivity contribution in [3.8, 4) is 5.75 Å². The van der Waals surface area contributed by atoms with Crippen LogP contribution in [-0.2, 0) is 4.79 Å². The lowest BCUT2D eigenvalue weighted by molar-refractivity contribution is -0.136. The summed E-state index contributed by atoms with van der Waals surface area (Å²) in [6, 6.07) is 8.63. The van der Waals surface area contributed by atoms with Gasteiger partial charge in [-0.3, -0.25) is 14.3 Å². The highest BCUT2D eigenvalue weighted by molar-refractivity contribution is 5.94. The van der Waals surface area contributed by atoms with Crippen LogP contribution >= 0.6 is 0 Å². The molecule has 0 aliphatic carbocycles. The maximum absolute atomic E-state index is 12.8. The Morgan fingerprint density at radius 1 is 1.12 bits per heavy atom. The van der Waals surface area contributed by atoms with Gasteiger partial charge in [0.25, 0.3) is 5.91 Å². The Hall–Kier alpha value is -2.83. The first-order valence-corrected chi connectivity index (χ1v) is 8.85. The number of aromatic nitrogens is 2. The van der Waals surface area contributed by atoms with Crippen LogP contribution in [0.15, 0.2) is 42.7 Å². The fraction of sp³-hybridized carbons (Fsp3) is 0.421. The van der Waals surface area contributed by atoms with Crippen LogP contribution in [0.5, 0.6) is 5.75 Å². The second-order valence-corrected chi connectivity index (χ2v) is 6.26. The van der Waals surface area contributed by atoms with E-state index in [9.17, 15) is 9.59 Å². The lowest BCUT2D eigenvalue weighted by Gasteiger charge is -2.36. The maximum Gasteiger partial charge on any atom is 0.253 e. The topological polar surface area (TPSA) is 67.7 Å². The summed E-state index contributed by atoms with van der Waals surface area (Å²) in [5.74, 6) is 0.771.